The van der Waals surface area contributed by atoms with Gasteiger partial charge in [0.05, 0.1) is 6.54 Å². The first-order valence-electron chi connectivity index (χ1n) is 6.66. The zero-order valence-electron chi connectivity index (χ0n) is 11.8. The van der Waals surface area contributed by atoms with Crippen LogP contribution in [0, 0.1) is 0 Å². The molecule has 4 N–H and O–H groups in total. The number of halogens is 1. The van der Waals surface area contributed by atoms with Gasteiger partial charge in [0.15, 0.2) is 0 Å². The monoisotopic (exact) mass is 338 g/mol. The van der Waals surface area contributed by atoms with Gasteiger partial charge in [-0.05, 0) is 29.8 Å². The Morgan fingerprint density at radius 3 is 2.36 bits per heavy atom. The minimum atomic E-state index is -3.65. The predicted octanol–water partition coefficient (Wildman–Crippen LogP) is 0.256. The Morgan fingerprint density at radius 1 is 1.09 bits per heavy atom. The highest BCUT2D eigenvalue weighted by Gasteiger charge is 2.18. The Balaban J connectivity index is 1.94. The van der Waals surface area contributed by atoms with Crippen molar-refractivity contribution in [3.63, 3.8) is 0 Å². The standard InChI is InChI=1S/C15H16ClN3O2S/c16-13-8-6-12(7-9-13)10-11-18-15(17)19-22(20,21)14-4-2-1-3-5-14/h1-9H,10-11H2,(H3,17,18,19)/p+1. The Morgan fingerprint density at radius 2 is 1.73 bits per heavy atom. The second-order valence-corrected chi connectivity index (χ2v) is 6.75. The van der Waals surface area contributed by atoms with Crippen LogP contribution in [0.2, 0.25) is 5.02 Å². The molecule has 0 bridgehead atoms. The lowest BCUT2D eigenvalue weighted by molar-refractivity contribution is -0.459. The maximum absolute atomic E-state index is 12.0. The molecular formula is C15H17ClN3O2S+. The van der Waals surface area contributed by atoms with Crippen molar-refractivity contribution in [3.05, 3.63) is 65.2 Å². The van der Waals surface area contributed by atoms with Gasteiger partial charge in [0.1, 0.15) is 4.90 Å². The number of sulfonamides is 1. The van der Waals surface area contributed by atoms with Crippen molar-refractivity contribution in [2.75, 3.05) is 6.54 Å². The minimum Gasteiger partial charge on any atom is -0.290 e. The normalized spacial score (nSPS) is 12.1. The summed E-state index contributed by atoms with van der Waals surface area (Å²) in [6, 6.07) is 15.5. The average molecular weight is 339 g/mol. The highest BCUT2D eigenvalue weighted by atomic mass is 35.5. The van der Waals surface area contributed by atoms with Gasteiger partial charge in [0.25, 0.3) is 0 Å². The molecule has 2 aromatic rings. The summed E-state index contributed by atoms with van der Waals surface area (Å²) in [5.41, 5.74) is 6.76. The van der Waals surface area contributed by atoms with Crippen molar-refractivity contribution < 1.29 is 13.4 Å². The molecule has 0 spiro atoms. The highest BCUT2D eigenvalue weighted by Crippen LogP contribution is 2.09. The summed E-state index contributed by atoms with van der Waals surface area (Å²) < 4.78 is 26.4. The van der Waals surface area contributed by atoms with Crippen LogP contribution in [-0.2, 0) is 16.4 Å². The molecular weight excluding hydrogens is 322 g/mol. The van der Waals surface area contributed by atoms with E-state index in [-0.39, 0.29) is 10.9 Å². The third kappa shape index (κ3) is 4.75. The molecule has 0 amide bonds. The van der Waals surface area contributed by atoms with Crippen LogP contribution in [-0.4, -0.2) is 20.9 Å². The van der Waals surface area contributed by atoms with E-state index in [9.17, 15) is 8.42 Å². The van der Waals surface area contributed by atoms with E-state index in [0.717, 1.165) is 5.56 Å². The molecule has 5 nitrogen and oxygen atoms in total. The lowest BCUT2D eigenvalue weighted by Gasteiger charge is -2.02. The van der Waals surface area contributed by atoms with Crippen molar-refractivity contribution >= 4 is 27.6 Å². The third-order valence-electron chi connectivity index (χ3n) is 2.94. The first-order valence-corrected chi connectivity index (χ1v) is 8.52. The Labute approximate surface area is 134 Å². The van der Waals surface area contributed by atoms with E-state index in [2.05, 4.69) is 9.71 Å². The van der Waals surface area contributed by atoms with Gasteiger partial charge in [-0.25, -0.2) is 0 Å². The fourth-order valence-corrected chi connectivity index (χ4v) is 2.95. The van der Waals surface area contributed by atoms with E-state index in [1.807, 2.05) is 24.3 Å². The molecule has 22 heavy (non-hydrogen) atoms. The Kier molecular flexibility index (Phi) is 5.41. The number of nitrogens with two attached hydrogens (primary N) is 1. The number of nitrogens with one attached hydrogen (secondary N) is 2. The van der Waals surface area contributed by atoms with Gasteiger partial charge in [-0.1, -0.05) is 41.9 Å². The number of rotatable bonds is 5. The molecule has 0 aromatic heterocycles. The lowest BCUT2D eigenvalue weighted by Crippen LogP contribution is -2.79. The predicted molar refractivity (Wildman–Crippen MR) is 86.9 cm³/mol. The SMILES string of the molecule is NC(NS(=O)(=O)c1ccccc1)=[NH+]CCc1ccc(Cl)cc1. The molecule has 0 radical (unpaired) electrons. The Bertz CT molecular complexity index is 744. The maximum Gasteiger partial charge on any atom is 0.356 e. The van der Waals surface area contributed by atoms with Crippen LogP contribution < -0.4 is 15.4 Å². The average Bonchev–Trinajstić information content (AvgIpc) is 2.50. The molecule has 2 rings (SSSR count). The molecule has 0 aliphatic carbocycles. The van der Waals surface area contributed by atoms with E-state index >= 15 is 0 Å². The van der Waals surface area contributed by atoms with Crippen molar-refractivity contribution in [1.29, 1.82) is 0 Å². The van der Waals surface area contributed by atoms with E-state index < -0.39 is 10.0 Å². The van der Waals surface area contributed by atoms with E-state index in [4.69, 9.17) is 17.3 Å². The number of guanidine groups is 1. The minimum absolute atomic E-state index is 0.00202. The second kappa shape index (κ2) is 7.29. The molecule has 0 unspecified atom stereocenters. The molecule has 0 saturated carbocycles. The van der Waals surface area contributed by atoms with Crippen LogP contribution in [0.1, 0.15) is 5.56 Å². The van der Waals surface area contributed by atoms with Crippen LogP contribution in [0.4, 0.5) is 0 Å². The largest absolute Gasteiger partial charge is 0.356 e. The number of hydrogen-bond donors (Lipinski definition) is 3. The summed E-state index contributed by atoms with van der Waals surface area (Å²) in [4.78, 5) is 3.01. The molecule has 0 heterocycles. The van der Waals surface area contributed by atoms with Crippen molar-refractivity contribution in [2.45, 2.75) is 11.3 Å². The van der Waals surface area contributed by atoms with Gasteiger partial charge in [-0.3, -0.25) is 10.7 Å². The first kappa shape index (κ1) is 16.3. The zero-order chi connectivity index (χ0) is 16.0. The number of benzene rings is 2. The smallest absolute Gasteiger partial charge is 0.290 e. The summed E-state index contributed by atoms with van der Waals surface area (Å²) in [5, 5.41) is 0.679. The van der Waals surface area contributed by atoms with Gasteiger partial charge in [0.2, 0.25) is 0 Å². The lowest BCUT2D eigenvalue weighted by atomic mass is 10.1. The Hall–Kier alpha value is -2.05. The van der Waals surface area contributed by atoms with Crippen molar-refractivity contribution in [2.24, 2.45) is 5.73 Å². The summed E-state index contributed by atoms with van der Waals surface area (Å²) in [5.74, 6) is -0.00202. The molecule has 0 saturated heterocycles. The van der Waals surface area contributed by atoms with E-state index in [1.165, 1.54) is 12.1 Å². The zero-order valence-corrected chi connectivity index (χ0v) is 13.4. The quantitative estimate of drug-likeness (QED) is 0.540. The summed E-state index contributed by atoms with van der Waals surface area (Å²) >= 11 is 5.81. The topological polar surface area (TPSA) is 86.2 Å². The van der Waals surface area contributed by atoms with Gasteiger partial charge in [-0.15, -0.1) is 0 Å². The summed E-state index contributed by atoms with van der Waals surface area (Å²) in [6.45, 7) is 0.505. The van der Waals surface area contributed by atoms with Crippen LogP contribution in [0.15, 0.2) is 59.5 Å². The molecule has 0 atom stereocenters. The molecule has 7 heteroatoms. The van der Waals surface area contributed by atoms with E-state index in [1.54, 1.807) is 18.2 Å². The van der Waals surface area contributed by atoms with Crippen LogP contribution in [0.25, 0.3) is 0 Å². The molecule has 0 fully saturated rings. The molecule has 116 valence electrons. The third-order valence-corrected chi connectivity index (χ3v) is 4.57. The van der Waals surface area contributed by atoms with Gasteiger partial charge in [0, 0.05) is 11.4 Å². The van der Waals surface area contributed by atoms with Crippen molar-refractivity contribution in [1.82, 2.24) is 4.72 Å². The molecule has 2 aromatic carbocycles. The van der Waals surface area contributed by atoms with Gasteiger partial charge >= 0.3 is 16.0 Å². The number of hydrogen-bond acceptors (Lipinski definition) is 2. The molecule has 0 aliphatic rings. The van der Waals surface area contributed by atoms with E-state index in [0.29, 0.717) is 18.0 Å². The first-order chi connectivity index (χ1) is 10.5. The van der Waals surface area contributed by atoms with Gasteiger partial charge in [-0.2, -0.15) is 13.1 Å². The fraction of sp³-hybridized carbons (Fsp3) is 0.133. The second-order valence-electron chi connectivity index (χ2n) is 4.64. The van der Waals surface area contributed by atoms with Crippen LogP contribution >= 0.6 is 11.6 Å². The maximum atomic E-state index is 12.0. The summed E-state index contributed by atoms with van der Waals surface area (Å²) in [6.07, 6.45) is 0.699. The van der Waals surface area contributed by atoms with Crippen LogP contribution in [0.5, 0.6) is 0 Å². The van der Waals surface area contributed by atoms with Crippen LogP contribution in [0.3, 0.4) is 0 Å². The van der Waals surface area contributed by atoms with Gasteiger partial charge < -0.3 is 0 Å². The summed E-state index contributed by atoms with van der Waals surface area (Å²) in [7, 11) is -3.65. The van der Waals surface area contributed by atoms with Crippen molar-refractivity contribution in [3.8, 4) is 0 Å². The highest BCUT2D eigenvalue weighted by molar-refractivity contribution is 7.90. The fourth-order valence-electron chi connectivity index (χ4n) is 1.83. The molecule has 0 aliphatic heterocycles.